The van der Waals surface area contributed by atoms with Gasteiger partial charge in [0, 0.05) is 12.1 Å². The molecule has 1 aromatic rings. The van der Waals surface area contributed by atoms with Crippen LogP contribution in [-0.4, -0.2) is 54.3 Å². The maximum absolute atomic E-state index is 12.4. The molecule has 0 aliphatic carbocycles. The highest BCUT2D eigenvalue weighted by Crippen LogP contribution is 2.17. The summed E-state index contributed by atoms with van der Waals surface area (Å²) in [5, 5.41) is 9.14. The molecule has 20 heavy (non-hydrogen) atoms. The van der Waals surface area contributed by atoms with E-state index in [9.17, 15) is 9.59 Å². The first kappa shape index (κ1) is 14.3. The van der Waals surface area contributed by atoms with Crippen molar-refractivity contribution in [3.05, 3.63) is 29.8 Å². The van der Waals surface area contributed by atoms with Gasteiger partial charge in [0.25, 0.3) is 5.91 Å². The molecule has 1 N–H and O–H groups in total. The molecule has 6 nitrogen and oxygen atoms in total. The van der Waals surface area contributed by atoms with Crippen LogP contribution in [0.3, 0.4) is 0 Å². The van der Waals surface area contributed by atoms with Gasteiger partial charge in [-0.3, -0.25) is 4.79 Å². The zero-order valence-corrected chi connectivity index (χ0v) is 11.2. The second-order valence-electron chi connectivity index (χ2n) is 4.39. The van der Waals surface area contributed by atoms with Gasteiger partial charge in [0.2, 0.25) is 0 Å². The maximum atomic E-state index is 12.4. The van der Waals surface area contributed by atoms with Crippen molar-refractivity contribution in [3.63, 3.8) is 0 Å². The first-order valence-corrected chi connectivity index (χ1v) is 6.48. The quantitative estimate of drug-likeness (QED) is 0.890. The van der Waals surface area contributed by atoms with Crippen molar-refractivity contribution in [2.45, 2.75) is 13.0 Å². The third kappa shape index (κ3) is 3.08. The van der Waals surface area contributed by atoms with Crippen LogP contribution in [-0.2, 0) is 9.53 Å². The van der Waals surface area contributed by atoms with Gasteiger partial charge in [-0.2, -0.15) is 0 Å². The van der Waals surface area contributed by atoms with Crippen molar-refractivity contribution >= 4 is 11.9 Å². The molecule has 1 saturated heterocycles. The lowest BCUT2D eigenvalue weighted by Gasteiger charge is -2.32. The Morgan fingerprint density at radius 2 is 2.30 bits per heavy atom. The summed E-state index contributed by atoms with van der Waals surface area (Å²) in [5.74, 6) is -0.778. The molecule has 1 atom stereocenters. The number of morpholine rings is 1. The highest BCUT2D eigenvalue weighted by Gasteiger charge is 2.33. The molecule has 0 aromatic heterocycles. The number of carbonyl (C=O) groups excluding carboxylic acids is 1. The van der Waals surface area contributed by atoms with Crippen LogP contribution in [0.15, 0.2) is 24.3 Å². The number of nitrogens with zero attached hydrogens (tertiary/aromatic N) is 1. The van der Waals surface area contributed by atoms with Gasteiger partial charge in [0.1, 0.15) is 5.75 Å². The Kier molecular flexibility index (Phi) is 4.57. The summed E-state index contributed by atoms with van der Waals surface area (Å²) in [7, 11) is 0. The van der Waals surface area contributed by atoms with Gasteiger partial charge in [-0.15, -0.1) is 0 Å². The van der Waals surface area contributed by atoms with E-state index in [-0.39, 0.29) is 19.1 Å². The van der Waals surface area contributed by atoms with Crippen LogP contribution in [0.2, 0.25) is 0 Å². The van der Waals surface area contributed by atoms with Gasteiger partial charge in [0.15, 0.2) is 6.04 Å². The molecule has 2 rings (SSSR count). The average Bonchev–Trinajstić information content (AvgIpc) is 2.47. The first-order chi connectivity index (χ1) is 9.63. The summed E-state index contributed by atoms with van der Waals surface area (Å²) in [4.78, 5) is 24.9. The Bertz CT molecular complexity index is 502. The minimum absolute atomic E-state index is 0.0201. The van der Waals surface area contributed by atoms with Crippen LogP contribution in [0.5, 0.6) is 5.75 Å². The van der Waals surface area contributed by atoms with Crippen LogP contribution in [0, 0.1) is 0 Å². The Morgan fingerprint density at radius 1 is 1.50 bits per heavy atom. The van der Waals surface area contributed by atoms with E-state index in [1.54, 1.807) is 24.3 Å². The fourth-order valence-corrected chi connectivity index (χ4v) is 2.10. The molecule has 0 radical (unpaired) electrons. The van der Waals surface area contributed by atoms with Gasteiger partial charge in [0.05, 0.1) is 19.8 Å². The van der Waals surface area contributed by atoms with E-state index in [0.29, 0.717) is 24.5 Å². The fourth-order valence-electron chi connectivity index (χ4n) is 2.10. The lowest BCUT2D eigenvalue weighted by molar-refractivity contribution is -0.147. The molecule has 1 amide bonds. The zero-order valence-electron chi connectivity index (χ0n) is 11.2. The Balaban J connectivity index is 2.20. The summed E-state index contributed by atoms with van der Waals surface area (Å²) in [6.07, 6.45) is 0. The van der Waals surface area contributed by atoms with Crippen molar-refractivity contribution in [2.24, 2.45) is 0 Å². The summed E-state index contributed by atoms with van der Waals surface area (Å²) < 4.78 is 10.5. The van der Waals surface area contributed by atoms with Crippen LogP contribution in [0.4, 0.5) is 0 Å². The Labute approximate surface area is 116 Å². The van der Waals surface area contributed by atoms with Crippen molar-refractivity contribution in [1.82, 2.24) is 4.90 Å². The molecule has 1 heterocycles. The molecular formula is C14H17NO5. The molecule has 0 spiro atoms. The van der Waals surface area contributed by atoms with Crippen LogP contribution < -0.4 is 4.74 Å². The number of hydrogen-bond acceptors (Lipinski definition) is 4. The molecule has 0 bridgehead atoms. The van der Waals surface area contributed by atoms with E-state index in [0.717, 1.165) is 0 Å². The topological polar surface area (TPSA) is 76.1 Å². The second-order valence-corrected chi connectivity index (χ2v) is 4.39. The lowest BCUT2D eigenvalue weighted by atomic mass is 10.1. The lowest BCUT2D eigenvalue weighted by Crippen LogP contribution is -2.52. The molecule has 1 unspecified atom stereocenters. The van der Waals surface area contributed by atoms with E-state index in [2.05, 4.69) is 0 Å². The van der Waals surface area contributed by atoms with E-state index in [1.807, 2.05) is 6.92 Å². The number of aliphatic carboxylic acids is 1. The zero-order chi connectivity index (χ0) is 14.5. The summed E-state index contributed by atoms with van der Waals surface area (Å²) in [6.45, 7) is 3.01. The van der Waals surface area contributed by atoms with Crippen molar-refractivity contribution in [2.75, 3.05) is 26.4 Å². The normalized spacial score (nSPS) is 18.6. The van der Waals surface area contributed by atoms with Gasteiger partial charge in [-0.1, -0.05) is 6.07 Å². The van der Waals surface area contributed by atoms with Crippen LogP contribution >= 0.6 is 0 Å². The molecule has 1 aliphatic rings. The SMILES string of the molecule is CCOc1cccc(C(=O)N2CCOCC2C(=O)O)c1. The van der Waals surface area contributed by atoms with E-state index >= 15 is 0 Å². The predicted molar refractivity (Wildman–Crippen MR) is 70.9 cm³/mol. The molecule has 6 heteroatoms. The van der Waals surface area contributed by atoms with Gasteiger partial charge >= 0.3 is 5.97 Å². The minimum Gasteiger partial charge on any atom is -0.494 e. The number of carbonyl (C=O) groups is 2. The van der Waals surface area contributed by atoms with Gasteiger partial charge in [-0.05, 0) is 25.1 Å². The van der Waals surface area contributed by atoms with E-state index in [1.165, 1.54) is 4.90 Å². The highest BCUT2D eigenvalue weighted by molar-refractivity contribution is 5.97. The third-order valence-corrected chi connectivity index (χ3v) is 3.07. The van der Waals surface area contributed by atoms with E-state index < -0.39 is 12.0 Å². The largest absolute Gasteiger partial charge is 0.494 e. The molecule has 1 fully saturated rings. The molecule has 0 saturated carbocycles. The van der Waals surface area contributed by atoms with E-state index in [4.69, 9.17) is 14.6 Å². The molecule has 108 valence electrons. The molecule has 1 aromatic carbocycles. The standard InChI is InChI=1S/C14H17NO5/c1-2-20-11-5-3-4-10(8-11)13(16)15-6-7-19-9-12(15)14(17)18/h3-5,8,12H,2,6-7,9H2,1H3,(H,17,18). The number of hydrogen-bond donors (Lipinski definition) is 1. The van der Waals surface area contributed by atoms with Crippen LogP contribution in [0.1, 0.15) is 17.3 Å². The van der Waals surface area contributed by atoms with Crippen molar-refractivity contribution in [3.8, 4) is 5.75 Å². The second kappa shape index (κ2) is 6.38. The van der Waals surface area contributed by atoms with Crippen molar-refractivity contribution < 1.29 is 24.2 Å². The molecular weight excluding hydrogens is 262 g/mol. The minimum atomic E-state index is -1.06. The fraction of sp³-hybridized carbons (Fsp3) is 0.429. The predicted octanol–water partition coefficient (Wildman–Crippen LogP) is 1.01. The highest BCUT2D eigenvalue weighted by atomic mass is 16.5. The number of carboxylic acids is 1. The number of amides is 1. The number of rotatable bonds is 4. The average molecular weight is 279 g/mol. The number of ether oxygens (including phenoxy) is 2. The smallest absolute Gasteiger partial charge is 0.328 e. The third-order valence-electron chi connectivity index (χ3n) is 3.07. The molecule has 1 aliphatic heterocycles. The first-order valence-electron chi connectivity index (χ1n) is 6.48. The van der Waals surface area contributed by atoms with Gasteiger partial charge in [-0.25, -0.2) is 4.79 Å². The number of carboxylic acid groups (broad SMARTS) is 1. The maximum Gasteiger partial charge on any atom is 0.328 e. The monoisotopic (exact) mass is 279 g/mol. The summed E-state index contributed by atoms with van der Waals surface area (Å²) in [5.41, 5.74) is 0.420. The Hall–Kier alpha value is -2.08. The van der Waals surface area contributed by atoms with Crippen LogP contribution in [0.25, 0.3) is 0 Å². The Morgan fingerprint density at radius 3 is 3.00 bits per heavy atom. The summed E-state index contributed by atoms with van der Waals surface area (Å²) >= 11 is 0. The summed E-state index contributed by atoms with van der Waals surface area (Å²) in [6, 6.07) is 5.81. The van der Waals surface area contributed by atoms with Gasteiger partial charge < -0.3 is 19.5 Å². The van der Waals surface area contributed by atoms with Crippen molar-refractivity contribution in [1.29, 1.82) is 0 Å². The number of benzene rings is 1.